The van der Waals surface area contributed by atoms with Crippen LogP contribution in [-0.2, 0) is 17.1 Å². The van der Waals surface area contributed by atoms with Gasteiger partial charge in [-0.3, -0.25) is 9.40 Å². The molecule has 1 aromatic carbocycles. The molecule has 7 heteroatoms. The Morgan fingerprint density at radius 3 is 2.57 bits per heavy atom. The van der Waals surface area contributed by atoms with Gasteiger partial charge in [-0.2, -0.15) is 5.10 Å². The smallest absolute Gasteiger partial charge is 0.265 e. The Labute approximate surface area is 122 Å². The quantitative estimate of drug-likeness (QED) is 0.801. The highest BCUT2D eigenvalue weighted by atomic mass is 32.2. The van der Waals surface area contributed by atoms with Crippen molar-refractivity contribution in [3.8, 4) is 5.69 Å². The van der Waals surface area contributed by atoms with E-state index in [9.17, 15) is 8.42 Å². The minimum Gasteiger partial charge on any atom is -0.324 e. The third-order valence-electron chi connectivity index (χ3n) is 2.99. The van der Waals surface area contributed by atoms with Gasteiger partial charge in [0, 0.05) is 31.3 Å². The summed E-state index contributed by atoms with van der Waals surface area (Å²) in [5.74, 6) is 0. The molecule has 6 nitrogen and oxygen atoms in total. The third-order valence-corrected chi connectivity index (χ3v) is 4.33. The molecule has 0 fully saturated rings. The van der Waals surface area contributed by atoms with Crippen LogP contribution in [0.5, 0.6) is 0 Å². The zero-order chi connectivity index (χ0) is 14.9. The second-order valence-corrected chi connectivity index (χ2v) is 6.28. The van der Waals surface area contributed by atoms with Crippen molar-refractivity contribution in [2.45, 2.75) is 4.90 Å². The lowest BCUT2D eigenvalue weighted by Gasteiger charge is -2.09. The van der Waals surface area contributed by atoms with E-state index in [0.717, 1.165) is 5.69 Å². The Morgan fingerprint density at radius 2 is 1.90 bits per heavy atom. The van der Waals surface area contributed by atoms with Crippen molar-refractivity contribution in [1.82, 2.24) is 14.3 Å². The first-order valence-corrected chi connectivity index (χ1v) is 7.78. The van der Waals surface area contributed by atoms with Gasteiger partial charge in [0.1, 0.15) is 4.90 Å². The number of hydrogen-bond donors (Lipinski definition) is 1. The Balaban J connectivity index is 1.90. The average Bonchev–Trinajstić information content (AvgIpc) is 3.09. The van der Waals surface area contributed by atoms with Gasteiger partial charge in [-0.15, -0.1) is 0 Å². The SMILES string of the molecule is Cn1cc(S(=O)(=O)Nc2cccc(-n3cccc3)c2)cn1. The number of benzene rings is 1. The average molecular weight is 302 g/mol. The van der Waals surface area contributed by atoms with E-state index in [1.807, 2.05) is 35.2 Å². The van der Waals surface area contributed by atoms with Crippen LogP contribution in [0.25, 0.3) is 5.69 Å². The second-order valence-electron chi connectivity index (χ2n) is 4.60. The van der Waals surface area contributed by atoms with Gasteiger partial charge in [0.25, 0.3) is 10.0 Å². The number of hydrogen-bond acceptors (Lipinski definition) is 3. The zero-order valence-corrected chi connectivity index (χ0v) is 12.2. The van der Waals surface area contributed by atoms with Crippen LogP contribution in [0.15, 0.2) is 66.1 Å². The van der Waals surface area contributed by atoms with Gasteiger partial charge in [-0.05, 0) is 30.3 Å². The van der Waals surface area contributed by atoms with Gasteiger partial charge in [-0.25, -0.2) is 8.42 Å². The molecule has 0 amide bonds. The predicted molar refractivity (Wildman–Crippen MR) is 79.8 cm³/mol. The summed E-state index contributed by atoms with van der Waals surface area (Å²) >= 11 is 0. The van der Waals surface area contributed by atoms with E-state index >= 15 is 0 Å². The lowest BCUT2D eigenvalue weighted by molar-refractivity contribution is 0.601. The van der Waals surface area contributed by atoms with Crippen molar-refractivity contribution in [2.24, 2.45) is 7.05 Å². The molecule has 0 spiro atoms. The molecule has 108 valence electrons. The molecule has 0 atom stereocenters. The second kappa shape index (κ2) is 5.10. The van der Waals surface area contributed by atoms with Gasteiger partial charge in [0.05, 0.1) is 11.9 Å². The van der Waals surface area contributed by atoms with Gasteiger partial charge < -0.3 is 4.57 Å². The minimum absolute atomic E-state index is 0.136. The molecule has 21 heavy (non-hydrogen) atoms. The van der Waals surface area contributed by atoms with E-state index in [2.05, 4.69) is 9.82 Å². The van der Waals surface area contributed by atoms with E-state index < -0.39 is 10.0 Å². The summed E-state index contributed by atoms with van der Waals surface area (Å²) in [5.41, 5.74) is 1.39. The standard InChI is InChI=1S/C14H14N4O2S/c1-17-11-14(10-15-17)21(19,20)16-12-5-4-6-13(9-12)18-7-2-3-8-18/h2-11,16H,1H3. The summed E-state index contributed by atoms with van der Waals surface area (Å²) in [6, 6.07) is 11.0. The predicted octanol–water partition coefficient (Wildman–Crippen LogP) is 2.01. The van der Waals surface area contributed by atoms with Crippen LogP contribution in [-0.4, -0.2) is 22.8 Å². The molecular weight excluding hydrogens is 288 g/mol. The molecule has 0 bridgehead atoms. The lowest BCUT2D eigenvalue weighted by atomic mass is 10.3. The largest absolute Gasteiger partial charge is 0.324 e. The van der Waals surface area contributed by atoms with Crippen molar-refractivity contribution in [2.75, 3.05) is 4.72 Å². The van der Waals surface area contributed by atoms with E-state index in [4.69, 9.17) is 0 Å². The van der Waals surface area contributed by atoms with Crippen LogP contribution < -0.4 is 4.72 Å². The van der Waals surface area contributed by atoms with Crippen LogP contribution in [0.1, 0.15) is 0 Å². The summed E-state index contributed by atoms with van der Waals surface area (Å²) < 4.78 is 30.4. The molecule has 0 saturated heterocycles. The van der Waals surface area contributed by atoms with E-state index in [0.29, 0.717) is 5.69 Å². The van der Waals surface area contributed by atoms with Crippen molar-refractivity contribution in [3.05, 3.63) is 61.2 Å². The monoisotopic (exact) mass is 302 g/mol. The molecule has 0 aliphatic rings. The molecule has 2 heterocycles. The fourth-order valence-corrected chi connectivity index (χ4v) is 3.02. The number of nitrogens with zero attached hydrogens (tertiary/aromatic N) is 3. The molecule has 0 saturated carbocycles. The van der Waals surface area contributed by atoms with Crippen LogP contribution in [0.4, 0.5) is 5.69 Å². The molecule has 0 radical (unpaired) electrons. The summed E-state index contributed by atoms with van der Waals surface area (Å²) in [6.45, 7) is 0. The molecule has 1 N–H and O–H groups in total. The van der Waals surface area contributed by atoms with Crippen LogP contribution in [0.3, 0.4) is 0 Å². The molecule has 0 unspecified atom stereocenters. The number of rotatable bonds is 4. The van der Waals surface area contributed by atoms with Crippen molar-refractivity contribution < 1.29 is 8.42 Å². The Hall–Kier alpha value is -2.54. The first-order valence-electron chi connectivity index (χ1n) is 6.29. The maximum absolute atomic E-state index is 12.2. The fraction of sp³-hybridized carbons (Fsp3) is 0.0714. The normalized spacial score (nSPS) is 11.5. The molecule has 0 aliphatic heterocycles. The molecular formula is C14H14N4O2S. The molecule has 0 aliphatic carbocycles. The summed E-state index contributed by atoms with van der Waals surface area (Å²) in [5, 5.41) is 3.88. The number of aromatic nitrogens is 3. The van der Waals surface area contributed by atoms with Gasteiger partial charge in [-0.1, -0.05) is 6.07 Å². The highest BCUT2D eigenvalue weighted by Gasteiger charge is 2.16. The van der Waals surface area contributed by atoms with Crippen molar-refractivity contribution >= 4 is 15.7 Å². The minimum atomic E-state index is -3.62. The zero-order valence-electron chi connectivity index (χ0n) is 11.3. The highest BCUT2D eigenvalue weighted by Crippen LogP contribution is 2.18. The maximum Gasteiger partial charge on any atom is 0.265 e. The van der Waals surface area contributed by atoms with Crippen molar-refractivity contribution in [1.29, 1.82) is 0 Å². The Bertz CT molecular complexity index is 851. The fourth-order valence-electron chi connectivity index (χ4n) is 1.99. The van der Waals surface area contributed by atoms with Gasteiger partial charge >= 0.3 is 0 Å². The van der Waals surface area contributed by atoms with E-state index in [1.54, 1.807) is 25.2 Å². The number of aryl methyl sites for hydroxylation is 1. The first-order chi connectivity index (χ1) is 10.0. The van der Waals surface area contributed by atoms with Crippen LogP contribution in [0, 0.1) is 0 Å². The van der Waals surface area contributed by atoms with Crippen LogP contribution >= 0.6 is 0 Å². The van der Waals surface area contributed by atoms with Crippen LogP contribution in [0.2, 0.25) is 0 Å². The highest BCUT2D eigenvalue weighted by molar-refractivity contribution is 7.92. The number of nitrogens with one attached hydrogen (secondary N) is 1. The topological polar surface area (TPSA) is 68.9 Å². The number of anilines is 1. The Morgan fingerprint density at radius 1 is 1.14 bits per heavy atom. The van der Waals surface area contributed by atoms with E-state index in [1.165, 1.54) is 17.1 Å². The maximum atomic E-state index is 12.2. The van der Waals surface area contributed by atoms with Gasteiger partial charge in [0.15, 0.2) is 0 Å². The third kappa shape index (κ3) is 2.82. The summed E-state index contributed by atoms with van der Waals surface area (Å²) in [7, 11) is -1.95. The lowest BCUT2D eigenvalue weighted by Crippen LogP contribution is -2.12. The molecule has 3 rings (SSSR count). The number of sulfonamides is 1. The first kappa shape index (κ1) is 13.4. The van der Waals surface area contributed by atoms with Gasteiger partial charge in [0.2, 0.25) is 0 Å². The molecule has 2 aromatic heterocycles. The molecule has 3 aromatic rings. The summed E-state index contributed by atoms with van der Waals surface area (Å²) in [6.07, 6.45) is 6.57. The Kier molecular flexibility index (Phi) is 3.26. The van der Waals surface area contributed by atoms with E-state index in [-0.39, 0.29) is 4.90 Å². The van der Waals surface area contributed by atoms with Crippen molar-refractivity contribution in [3.63, 3.8) is 0 Å². The summed E-state index contributed by atoms with van der Waals surface area (Å²) in [4.78, 5) is 0.136.